The molecule has 20 nitrogen and oxygen atoms in total. The van der Waals surface area contributed by atoms with E-state index in [0.717, 1.165) is 30.4 Å². The number of aliphatic hydroxyl groups excluding tert-OH is 4. The molecule has 9 N–H and O–H groups in total. The minimum absolute atomic E-state index is 0.0104. The number of ether oxygens (including phenoxy) is 6. The lowest BCUT2D eigenvalue weighted by Gasteiger charge is -2.39. The molecule has 6 heterocycles. The lowest BCUT2D eigenvalue weighted by atomic mass is 9.89. The topological polar surface area (TPSA) is 293 Å². The molecule has 6 atom stereocenters. The number of cyclic esters (lactones) is 1. The van der Waals surface area contributed by atoms with E-state index in [9.17, 15) is 44.7 Å². The quantitative estimate of drug-likeness (QED) is 0.0613. The number of rotatable bonds is 13. The normalized spacial score (nSPS) is 23.3. The van der Waals surface area contributed by atoms with Gasteiger partial charge >= 0.3 is 12.1 Å². The minimum Gasteiger partial charge on any atom is -0.460 e. The summed E-state index contributed by atoms with van der Waals surface area (Å²) in [5, 5.41) is 57.8. The van der Waals surface area contributed by atoms with Gasteiger partial charge in [0, 0.05) is 35.5 Å². The summed E-state index contributed by atoms with van der Waals surface area (Å²) in [6.07, 6.45) is -5.64. The minimum atomic E-state index is -2.04. The summed E-state index contributed by atoms with van der Waals surface area (Å²) >= 11 is 0. The van der Waals surface area contributed by atoms with Gasteiger partial charge in [-0.15, -0.1) is 0 Å². The summed E-state index contributed by atoms with van der Waals surface area (Å²) < 4.78 is 35.3. The Kier molecular flexibility index (Phi) is 11.8. The zero-order valence-electron chi connectivity index (χ0n) is 33.8. The summed E-state index contributed by atoms with van der Waals surface area (Å²) in [7, 11) is 0. The second-order valence-corrected chi connectivity index (χ2v) is 15.6. The molecule has 0 bridgehead atoms. The second kappa shape index (κ2) is 17.1. The molecule has 0 aliphatic carbocycles. The lowest BCUT2D eigenvalue weighted by molar-refractivity contribution is -0.277. The van der Waals surface area contributed by atoms with Crippen molar-refractivity contribution in [2.45, 2.75) is 102 Å². The largest absolute Gasteiger partial charge is 0.460 e. The predicted molar refractivity (Wildman–Crippen MR) is 216 cm³/mol. The Labute approximate surface area is 353 Å². The van der Waals surface area contributed by atoms with Crippen LogP contribution in [-0.2, 0) is 55.6 Å². The van der Waals surface area contributed by atoms with Gasteiger partial charge in [-0.2, -0.15) is 0 Å². The van der Waals surface area contributed by atoms with Crippen LogP contribution in [0.3, 0.4) is 0 Å². The van der Waals surface area contributed by atoms with Crippen molar-refractivity contribution in [2.24, 2.45) is 5.73 Å². The van der Waals surface area contributed by atoms with Gasteiger partial charge in [0.15, 0.2) is 17.1 Å². The van der Waals surface area contributed by atoms with Crippen LogP contribution in [0.2, 0.25) is 0 Å². The number of nitrogens with two attached hydrogens (primary N) is 1. The zero-order chi connectivity index (χ0) is 44.0. The summed E-state index contributed by atoms with van der Waals surface area (Å²) in [4.78, 5) is 57.9. The summed E-state index contributed by atoms with van der Waals surface area (Å²) in [5.41, 5.74) is 7.03. The highest BCUT2D eigenvalue weighted by atomic mass is 16.7. The van der Waals surface area contributed by atoms with Crippen LogP contribution in [0.4, 0.5) is 16.2 Å². The number of carbonyl (C=O) groups excluding carboxylic acids is 3. The molecule has 62 heavy (non-hydrogen) atoms. The smallest absolute Gasteiger partial charge is 0.412 e. The summed E-state index contributed by atoms with van der Waals surface area (Å²) in [6, 6.07) is 7.71. The molecule has 0 radical (unpaired) electrons. The Morgan fingerprint density at radius 2 is 1.84 bits per heavy atom. The highest BCUT2D eigenvalue weighted by molar-refractivity contribution is 6.06. The first-order chi connectivity index (χ1) is 29.7. The number of carbonyl (C=O) groups is 3. The van der Waals surface area contributed by atoms with Crippen molar-refractivity contribution in [3.63, 3.8) is 0 Å². The van der Waals surface area contributed by atoms with Crippen LogP contribution >= 0.6 is 0 Å². The molecule has 330 valence electrons. The molecular formula is C42H47N5O15. The first-order valence-electron chi connectivity index (χ1n) is 20.2. The standard InChI is InChI=1S/C42H47N5O15/c1-3-4-5-6-20-21-14-47-26(12-23-22(38(47)53)17-57-40(54)42(23,2)56)32(21)45-25-13-28-37(60-18-59-28)33(31(20)25)46-41(55)58-16-19-7-8-27(24(11-19)44-30(49)9-10-43)61-39-36(52)35(51)34(50)29(15-48)62-39/h7-8,11-13,29,34-36,39,48,50-52,56H,3-6,9-10,14-18,43H2,1-2H3,(H,44,49)(H,46,55)/t29-,34-,35+,36+,39+,42+/m1/s1. The van der Waals surface area contributed by atoms with E-state index in [2.05, 4.69) is 17.6 Å². The molecule has 2 aromatic heterocycles. The highest BCUT2D eigenvalue weighted by Crippen LogP contribution is 2.49. The number of aromatic nitrogens is 2. The van der Waals surface area contributed by atoms with Crippen LogP contribution in [0.5, 0.6) is 17.2 Å². The summed E-state index contributed by atoms with van der Waals surface area (Å²) in [6.45, 7) is 2.14. The van der Waals surface area contributed by atoms with E-state index in [1.165, 1.54) is 25.1 Å². The molecular weight excluding hydrogens is 814 g/mol. The average molecular weight is 862 g/mol. The number of hydrogen-bond donors (Lipinski definition) is 8. The van der Waals surface area contributed by atoms with Crippen LogP contribution in [0.15, 0.2) is 35.1 Å². The number of hydrogen-bond acceptors (Lipinski definition) is 17. The number of amides is 2. The van der Waals surface area contributed by atoms with Gasteiger partial charge in [0.05, 0.1) is 41.3 Å². The number of nitrogens with zero attached hydrogens (tertiary/aromatic N) is 2. The fourth-order valence-electron chi connectivity index (χ4n) is 8.18. The van der Waals surface area contributed by atoms with Crippen molar-refractivity contribution in [3.8, 4) is 28.6 Å². The maximum absolute atomic E-state index is 13.9. The zero-order valence-corrected chi connectivity index (χ0v) is 33.8. The lowest BCUT2D eigenvalue weighted by Crippen LogP contribution is -2.60. The maximum atomic E-state index is 13.9. The van der Waals surface area contributed by atoms with Crippen LogP contribution in [-0.4, -0.2) is 104 Å². The van der Waals surface area contributed by atoms with E-state index in [1.807, 2.05) is 0 Å². The predicted octanol–water partition coefficient (Wildman–Crippen LogP) is 1.37. The van der Waals surface area contributed by atoms with Gasteiger partial charge in [0.1, 0.15) is 49.1 Å². The van der Waals surface area contributed by atoms with E-state index in [-0.39, 0.29) is 73.5 Å². The first kappa shape index (κ1) is 42.8. The second-order valence-electron chi connectivity index (χ2n) is 15.6. The number of fused-ring (bicyclic) bond motifs is 6. The fourth-order valence-corrected chi connectivity index (χ4v) is 8.18. The van der Waals surface area contributed by atoms with E-state index >= 15 is 0 Å². The Balaban J connectivity index is 1.11. The van der Waals surface area contributed by atoms with Gasteiger partial charge in [-0.05, 0) is 49.1 Å². The molecule has 8 rings (SSSR count). The Morgan fingerprint density at radius 3 is 2.60 bits per heavy atom. The van der Waals surface area contributed by atoms with Gasteiger partial charge < -0.3 is 69.6 Å². The Morgan fingerprint density at radius 1 is 1.03 bits per heavy atom. The highest BCUT2D eigenvalue weighted by Gasteiger charge is 2.46. The number of pyridine rings is 2. The average Bonchev–Trinajstić information content (AvgIpc) is 3.87. The number of aryl methyl sites for hydroxylation is 1. The molecule has 1 saturated heterocycles. The molecule has 20 heteroatoms. The van der Waals surface area contributed by atoms with Crippen LogP contribution in [0.25, 0.3) is 22.3 Å². The Bertz CT molecular complexity index is 2510. The van der Waals surface area contributed by atoms with Gasteiger partial charge in [-0.3, -0.25) is 14.9 Å². The number of benzene rings is 2. The molecule has 2 aromatic carbocycles. The summed E-state index contributed by atoms with van der Waals surface area (Å²) in [5.74, 6) is -0.792. The van der Waals surface area contributed by atoms with Crippen LogP contribution < -0.4 is 36.1 Å². The SMILES string of the molecule is CCCCCc1c2c(nc3cc4c(c(NC(=O)OCc5ccc(O[C@H]6O[C@H](CO)[C@@H](O)[C@H](O)[C@@H]6O)c(NC(=O)CCN)c5)c13)OCO4)-c1cc3c(c(=O)n1C2)COC(=O)[C@@]3(C)O. The molecule has 4 aliphatic heterocycles. The maximum Gasteiger partial charge on any atom is 0.412 e. The van der Waals surface area contributed by atoms with Crippen molar-refractivity contribution in [1.82, 2.24) is 9.55 Å². The first-order valence-corrected chi connectivity index (χ1v) is 20.2. The number of unbranched alkanes of at least 4 members (excludes halogenated alkanes) is 2. The molecule has 4 aliphatic rings. The third kappa shape index (κ3) is 7.67. The molecule has 4 aromatic rings. The van der Waals surface area contributed by atoms with E-state index < -0.39 is 66.4 Å². The fraction of sp³-hybridized carbons (Fsp3) is 0.452. The number of aliphatic hydroxyl groups is 5. The number of anilines is 2. The third-order valence-corrected chi connectivity index (χ3v) is 11.5. The van der Waals surface area contributed by atoms with Crippen LogP contribution in [0, 0.1) is 0 Å². The molecule has 0 spiro atoms. The molecule has 1 fully saturated rings. The van der Waals surface area contributed by atoms with Crippen molar-refractivity contribution in [3.05, 3.63) is 68.5 Å². The van der Waals surface area contributed by atoms with Gasteiger partial charge in [-0.1, -0.05) is 25.8 Å². The van der Waals surface area contributed by atoms with Gasteiger partial charge in [0.25, 0.3) is 5.56 Å². The number of nitrogens with one attached hydrogen (secondary N) is 2. The third-order valence-electron chi connectivity index (χ3n) is 11.5. The van der Waals surface area contributed by atoms with Crippen molar-refractivity contribution >= 4 is 40.2 Å². The van der Waals surface area contributed by atoms with E-state index in [0.29, 0.717) is 40.0 Å². The van der Waals surface area contributed by atoms with Crippen molar-refractivity contribution < 1.29 is 68.3 Å². The van der Waals surface area contributed by atoms with Crippen LogP contribution in [0.1, 0.15) is 67.3 Å². The van der Waals surface area contributed by atoms with Gasteiger partial charge in [-0.25, -0.2) is 14.6 Å². The monoisotopic (exact) mass is 861 g/mol. The van der Waals surface area contributed by atoms with Crippen molar-refractivity contribution in [2.75, 3.05) is 30.6 Å². The molecule has 2 amide bonds. The van der Waals surface area contributed by atoms with Gasteiger partial charge in [0.2, 0.25) is 19.0 Å². The number of esters is 1. The molecule has 0 unspecified atom stereocenters. The van der Waals surface area contributed by atoms with Crippen molar-refractivity contribution in [1.29, 1.82) is 0 Å². The Hall–Kier alpha value is -5.87. The molecule has 0 saturated carbocycles. The van der Waals surface area contributed by atoms with E-state index in [1.54, 1.807) is 16.7 Å². The van der Waals surface area contributed by atoms with E-state index in [4.69, 9.17) is 39.1 Å².